The molecule has 3 rings (SSSR count). The molecule has 132 valence electrons. The van der Waals surface area contributed by atoms with E-state index in [0.29, 0.717) is 13.0 Å². The number of hydrogen-bond acceptors (Lipinski definition) is 4. The number of rotatable bonds is 7. The average molecular weight is 338 g/mol. The van der Waals surface area contributed by atoms with E-state index in [4.69, 9.17) is 0 Å². The van der Waals surface area contributed by atoms with Crippen molar-refractivity contribution in [3.05, 3.63) is 66.0 Å². The zero-order valence-corrected chi connectivity index (χ0v) is 14.6. The standard InChI is InChI=1S/C20H26N4O/c25-20(22-16-19-8-4-5-10-21-19)9-11-23-12-14-24(15-13-23)17-18-6-2-1-3-7-18/h1-8,10H,9,11-17H2,(H,22,25). The normalized spacial score (nSPS) is 15.8. The molecule has 1 saturated heterocycles. The first kappa shape index (κ1) is 17.6. The third-order valence-corrected chi connectivity index (χ3v) is 4.56. The van der Waals surface area contributed by atoms with Gasteiger partial charge < -0.3 is 10.2 Å². The van der Waals surface area contributed by atoms with Crippen LogP contribution in [-0.2, 0) is 17.9 Å². The van der Waals surface area contributed by atoms with Gasteiger partial charge in [-0.05, 0) is 17.7 Å². The van der Waals surface area contributed by atoms with Crippen molar-refractivity contribution in [2.75, 3.05) is 32.7 Å². The second-order valence-electron chi connectivity index (χ2n) is 6.45. The fourth-order valence-corrected chi connectivity index (χ4v) is 3.05. The molecule has 25 heavy (non-hydrogen) atoms. The molecule has 0 spiro atoms. The van der Waals surface area contributed by atoms with Gasteiger partial charge in [-0.3, -0.25) is 14.7 Å². The number of carbonyl (C=O) groups excluding carboxylic acids is 1. The lowest BCUT2D eigenvalue weighted by Gasteiger charge is -2.34. The van der Waals surface area contributed by atoms with E-state index < -0.39 is 0 Å². The first-order valence-corrected chi connectivity index (χ1v) is 8.95. The summed E-state index contributed by atoms with van der Waals surface area (Å²) < 4.78 is 0. The SMILES string of the molecule is O=C(CCN1CCN(Cc2ccccc2)CC1)NCc1ccccn1. The first-order chi connectivity index (χ1) is 12.3. The number of benzene rings is 1. The van der Waals surface area contributed by atoms with Crippen LogP contribution >= 0.6 is 0 Å². The molecule has 1 aliphatic heterocycles. The third kappa shape index (κ3) is 5.96. The fraction of sp³-hybridized carbons (Fsp3) is 0.400. The molecule has 0 unspecified atom stereocenters. The minimum absolute atomic E-state index is 0.0948. The molecule has 2 heterocycles. The van der Waals surface area contributed by atoms with Crippen LogP contribution in [0.5, 0.6) is 0 Å². The van der Waals surface area contributed by atoms with E-state index in [-0.39, 0.29) is 5.91 Å². The number of nitrogens with zero attached hydrogens (tertiary/aromatic N) is 3. The number of pyridine rings is 1. The largest absolute Gasteiger partial charge is 0.350 e. The van der Waals surface area contributed by atoms with Gasteiger partial charge in [0.05, 0.1) is 12.2 Å². The summed E-state index contributed by atoms with van der Waals surface area (Å²) in [5.74, 6) is 0.0948. The monoisotopic (exact) mass is 338 g/mol. The Kier molecular flexibility index (Phi) is 6.54. The zero-order valence-electron chi connectivity index (χ0n) is 14.6. The first-order valence-electron chi connectivity index (χ1n) is 8.95. The maximum Gasteiger partial charge on any atom is 0.221 e. The van der Waals surface area contributed by atoms with Gasteiger partial charge >= 0.3 is 0 Å². The van der Waals surface area contributed by atoms with E-state index in [1.807, 2.05) is 18.2 Å². The lowest BCUT2D eigenvalue weighted by molar-refractivity contribution is -0.121. The molecule has 0 saturated carbocycles. The highest BCUT2D eigenvalue weighted by atomic mass is 16.1. The quantitative estimate of drug-likeness (QED) is 0.838. The van der Waals surface area contributed by atoms with Gasteiger partial charge in [0, 0.05) is 51.9 Å². The van der Waals surface area contributed by atoms with Crippen LogP contribution in [0.1, 0.15) is 17.7 Å². The molecular formula is C20H26N4O. The average Bonchev–Trinajstić information content (AvgIpc) is 2.67. The van der Waals surface area contributed by atoms with Crippen LogP contribution in [0.2, 0.25) is 0 Å². The minimum Gasteiger partial charge on any atom is -0.350 e. The summed E-state index contributed by atoms with van der Waals surface area (Å²) in [6, 6.07) is 16.3. The van der Waals surface area contributed by atoms with Gasteiger partial charge in [-0.2, -0.15) is 0 Å². The highest BCUT2D eigenvalue weighted by Gasteiger charge is 2.17. The molecule has 0 atom stereocenters. The van der Waals surface area contributed by atoms with Crippen molar-refractivity contribution in [2.45, 2.75) is 19.5 Å². The number of hydrogen-bond donors (Lipinski definition) is 1. The molecule has 0 bridgehead atoms. The van der Waals surface area contributed by atoms with Crippen LogP contribution in [0.25, 0.3) is 0 Å². The molecule has 0 aliphatic carbocycles. The number of aromatic nitrogens is 1. The number of amides is 1. The van der Waals surface area contributed by atoms with Crippen molar-refractivity contribution >= 4 is 5.91 Å². The van der Waals surface area contributed by atoms with Crippen LogP contribution in [0.15, 0.2) is 54.7 Å². The van der Waals surface area contributed by atoms with Crippen molar-refractivity contribution < 1.29 is 4.79 Å². The summed E-state index contributed by atoms with van der Waals surface area (Å²) in [6.45, 7) is 6.52. The van der Waals surface area contributed by atoms with Gasteiger partial charge in [-0.1, -0.05) is 36.4 Å². The van der Waals surface area contributed by atoms with Crippen molar-refractivity contribution in [3.63, 3.8) is 0 Å². The van der Waals surface area contributed by atoms with E-state index in [9.17, 15) is 4.79 Å². The summed E-state index contributed by atoms with van der Waals surface area (Å²) >= 11 is 0. The summed E-state index contributed by atoms with van der Waals surface area (Å²) in [7, 11) is 0. The molecule has 1 aromatic heterocycles. The Morgan fingerprint density at radius 1 is 0.960 bits per heavy atom. The van der Waals surface area contributed by atoms with Gasteiger partial charge in [-0.15, -0.1) is 0 Å². The van der Waals surface area contributed by atoms with Crippen molar-refractivity contribution in [1.29, 1.82) is 0 Å². The van der Waals surface area contributed by atoms with Crippen molar-refractivity contribution in [3.8, 4) is 0 Å². The molecule has 0 radical (unpaired) electrons. The van der Waals surface area contributed by atoms with Gasteiger partial charge in [0.15, 0.2) is 0 Å². The highest BCUT2D eigenvalue weighted by molar-refractivity contribution is 5.75. The highest BCUT2D eigenvalue weighted by Crippen LogP contribution is 2.08. The Hall–Kier alpha value is -2.24. The van der Waals surface area contributed by atoms with Gasteiger partial charge in [-0.25, -0.2) is 0 Å². The molecule has 1 aliphatic rings. The van der Waals surface area contributed by atoms with Crippen LogP contribution in [0.4, 0.5) is 0 Å². The summed E-state index contributed by atoms with van der Waals surface area (Å²) in [6.07, 6.45) is 2.29. The van der Waals surface area contributed by atoms with Crippen LogP contribution in [0, 0.1) is 0 Å². The van der Waals surface area contributed by atoms with E-state index in [2.05, 4.69) is 50.4 Å². The Labute approximate surface area is 149 Å². The zero-order chi connectivity index (χ0) is 17.3. The number of piperazine rings is 1. The van der Waals surface area contributed by atoms with Crippen molar-refractivity contribution in [1.82, 2.24) is 20.1 Å². The van der Waals surface area contributed by atoms with Crippen molar-refractivity contribution in [2.24, 2.45) is 0 Å². The summed E-state index contributed by atoms with van der Waals surface area (Å²) in [5.41, 5.74) is 2.26. The maximum atomic E-state index is 12.0. The Balaban J connectivity index is 1.31. The molecule has 2 aromatic rings. The Morgan fingerprint density at radius 3 is 2.40 bits per heavy atom. The lowest BCUT2D eigenvalue weighted by Crippen LogP contribution is -2.46. The molecule has 1 amide bonds. The molecule has 1 fully saturated rings. The predicted octanol–water partition coefficient (Wildman–Crippen LogP) is 1.91. The Morgan fingerprint density at radius 2 is 1.68 bits per heavy atom. The number of carbonyl (C=O) groups is 1. The second kappa shape index (κ2) is 9.30. The Bertz CT molecular complexity index is 639. The van der Waals surface area contributed by atoms with Crippen LogP contribution in [0.3, 0.4) is 0 Å². The van der Waals surface area contributed by atoms with Gasteiger partial charge in [0.1, 0.15) is 0 Å². The van der Waals surface area contributed by atoms with Crippen LogP contribution < -0.4 is 5.32 Å². The van der Waals surface area contributed by atoms with Gasteiger partial charge in [0.2, 0.25) is 5.91 Å². The molecule has 5 nitrogen and oxygen atoms in total. The minimum atomic E-state index is 0.0948. The fourth-order valence-electron chi connectivity index (χ4n) is 3.05. The van der Waals surface area contributed by atoms with E-state index in [1.165, 1.54) is 5.56 Å². The summed E-state index contributed by atoms with van der Waals surface area (Å²) in [4.78, 5) is 21.1. The smallest absolute Gasteiger partial charge is 0.221 e. The summed E-state index contributed by atoms with van der Waals surface area (Å²) in [5, 5.41) is 2.94. The predicted molar refractivity (Wildman–Crippen MR) is 98.9 cm³/mol. The lowest BCUT2D eigenvalue weighted by atomic mass is 10.2. The molecule has 1 N–H and O–H groups in total. The second-order valence-corrected chi connectivity index (χ2v) is 6.45. The van der Waals surface area contributed by atoms with E-state index >= 15 is 0 Å². The number of nitrogens with one attached hydrogen (secondary N) is 1. The van der Waals surface area contributed by atoms with Gasteiger partial charge in [0.25, 0.3) is 0 Å². The molecular weight excluding hydrogens is 312 g/mol. The maximum absolute atomic E-state index is 12.0. The van der Waals surface area contributed by atoms with E-state index in [0.717, 1.165) is 45.0 Å². The molecule has 5 heteroatoms. The topological polar surface area (TPSA) is 48.5 Å². The van der Waals surface area contributed by atoms with E-state index in [1.54, 1.807) is 6.20 Å². The van der Waals surface area contributed by atoms with Crippen LogP contribution in [-0.4, -0.2) is 53.4 Å². The molecule has 1 aromatic carbocycles. The third-order valence-electron chi connectivity index (χ3n) is 4.56.